The monoisotopic (exact) mass is 327 g/mol. The summed E-state index contributed by atoms with van der Waals surface area (Å²) in [6, 6.07) is 19.1. The summed E-state index contributed by atoms with van der Waals surface area (Å²) in [5.74, 6) is -1.00. The molecule has 0 radical (unpaired) electrons. The normalized spacial score (nSPS) is 12.9. The lowest BCUT2D eigenvalue weighted by Crippen LogP contribution is -2.16. The third kappa shape index (κ3) is 4.58. The Bertz CT molecular complexity index is 677. The Labute approximate surface area is 141 Å². The summed E-state index contributed by atoms with van der Waals surface area (Å²) in [6.45, 7) is 2.11. The standard InChI is InChI=1S/C19H18ClNO2/c1-2-23-19(22)12-17(14-6-4-3-5-7-14)18(13-21)15-8-10-16(20)11-9-15/h3-11,17-18H,2,12H2,1H3. The lowest BCUT2D eigenvalue weighted by atomic mass is 9.80. The molecule has 0 bridgehead atoms. The summed E-state index contributed by atoms with van der Waals surface area (Å²) in [6.07, 6.45) is 0.165. The Morgan fingerprint density at radius 1 is 1.13 bits per heavy atom. The summed E-state index contributed by atoms with van der Waals surface area (Å²) in [5, 5.41) is 10.3. The number of carbonyl (C=O) groups is 1. The lowest BCUT2D eigenvalue weighted by Gasteiger charge is -2.22. The van der Waals surface area contributed by atoms with Gasteiger partial charge >= 0.3 is 5.97 Å². The number of hydrogen-bond acceptors (Lipinski definition) is 3. The van der Waals surface area contributed by atoms with Crippen LogP contribution in [0.4, 0.5) is 0 Å². The Kier molecular flexibility index (Phi) is 6.19. The number of nitriles is 1. The van der Waals surface area contributed by atoms with Gasteiger partial charge in [0.15, 0.2) is 0 Å². The molecule has 2 rings (SSSR count). The second kappa shape index (κ2) is 8.36. The molecule has 23 heavy (non-hydrogen) atoms. The number of carbonyl (C=O) groups excluding carboxylic acids is 1. The van der Waals surface area contributed by atoms with E-state index < -0.39 is 5.92 Å². The van der Waals surface area contributed by atoms with Gasteiger partial charge in [-0.15, -0.1) is 0 Å². The Morgan fingerprint density at radius 2 is 1.78 bits per heavy atom. The van der Waals surface area contributed by atoms with Crippen molar-refractivity contribution >= 4 is 17.6 Å². The van der Waals surface area contributed by atoms with Crippen LogP contribution in [0.15, 0.2) is 54.6 Å². The van der Waals surface area contributed by atoms with Crippen molar-refractivity contribution in [2.24, 2.45) is 0 Å². The molecule has 2 aromatic carbocycles. The number of hydrogen-bond donors (Lipinski definition) is 0. The highest BCUT2D eigenvalue weighted by atomic mass is 35.5. The third-order valence-corrected chi connectivity index (χ3v) is 3.94. The molecule has 118 valence electrons. The molecule has 0 aromatic heterocycles. The van der Waals surface area contributed by atoms with E-state index in [4.69, 9.17) is 16.3 Å². The van der Waals surface area contributed by atoms with Crippen molar-refractivity contribution < 1.29 is 9.53 Å². The highest BCUT2D eigenvalue weighted by Gasteiger charge is 2.27. The number of rotatable bonds is 6. The fourth-order valence-electron chi connectivity index (χ4n) is 2.59. The van der Waals surface area contributed by atoms with E-state index in [9.17, 15) is 10.1 Å². The van der Waals surface area contributed by atoms with Gasteiger partial charge in [-0.05, 0) is 30.2 Å². The molecular formula is C19H18ClNO2. The highest BCUT2D eigenvalue weighted by molar-refractivity contribution is 6.30. The molecule has 0 fully saturated rings. The van der Waals surface area contributed by atoms with Crippen LogP contribution in [0.5, 0.6) is 0 Å². The van der Waals surface area contributed by atoms with Crippen molar-refractivity contribution in [1.29, 1.82) is 5.26 Å². The van der Waals surface area contributed by atoms with Crippen LogP contribution in [-0.4, -0.2) is 12.6 Å². The minimum atomic E-state index is -0.445. The molecule has 2 aromatic rings. The molecule has 0 heterocycles. The zero-order valence-corrected chi connectivity index (χ0v) is 13.7. The van der Waals surface area contributed by atoms with Crippen LogP contribution in [0.3, 0.4) is 0 Å². The SMILES string of the molecule is CCOC(=O)CC(c1ccccc1)C(C#N)c1ccc(Cl)cc1. The van der Waals surface area contributed by atoms with Crippen LogP contribution in [0.2, 0.25) is 5.02 Å². The van der Waals surface area contributed by atoms with E-state index in [1.165, 1.54) is 0 Å². The summed E-state index contributed by atoms with van der Waals surface area (Å²) >= 11 is 5.92. The van der Waals surface area contributed by atoms with E-state index in [1.54, 1.807) is 19.1 Å². The quantitative estimate of drug-likeness (QED) is 0.723. The maximum Gasteiger partial charge on any atom is 0.306 e. The minimum Gasteiger partial charge on any atom is -0.466 e. The van der Waals surface area contributed by atoms with Crippen molar-refractivity contribution in [2.75, 3.05) is 6.61 Å². The second-order valence-corrected chi connectivity index (χ2v) is 5.62. The third-order valence-electron chi connectivity index (χ3n) is 3.69. The van der Waals surface area contributed by atoms with Gasteiger partial charge in [-0.2, -0.15) is 5.26 Å². The first-order valence-electron chi connectivity index (χ1n) is 7.51. The minimum absolute atomic E-state index is 0.165. The van der Waals surface area contributed by atoms with Crippen LogP contribution in [0, 0.1) is 11.3 Å². The van der Waals surface area contributed by atoms with E-state index in [1.807, 2.05) is 42.5 Å². The van der Waals surface area contributed by atoms with Crippen LogP contribution >= 0.6 is 11.6 Å². The predicted molar refractivity (Wildman–Crippen MR) is 90.2 cm³/mol. The number of nitrogens with zero attached hydrogens (tertiary/aromatic N) is 1. The first-order chi connectivity index (χ1) is 11.2. The summed E-state index contributed by atoms with van der Waals surface area (Å²) < 4.78 is 5.07. The molecule has 2 unspecified atom stereocenters. The first kappa shape index (κ1) is 17.1. The smallest absolute Gasteiger partial charge is 0.306 e. The van der Waals surface area contributed by atoms with Crippen LogP contribution < -0.4 is 0 Å². The second-order valence-electron chi connectivity index (χ2n) is 5.18. The molecule has 0 aliphatic rings. The van der Waals surface area contributed by atoms with Gasteiger partial charge in [0.2, 0.25) is 0 Å². The fourth-order valence-corrected chi connectivity index (χ4v) is 2.72. The Morgan fingerprint density at radius 3 is 2.35 bits per heavy atom. The van der Waals surface area contributed by atoms with Gasteiger partial charge in [0.1, 0.15) is 0 Å². The number of benzene rings is 2. The molecule has 0 spiro atoms. The predicted octanol–water partition coefficient (Wildman–Crippen LogP) is 4.68. The number of ether oxygens (including phenoxy) is 1. The van der Waals surface area contributed by atoms with Crippen LogP contribution in [-0.2, 0) is 9.53 Å². The first-order valence-corrected chi connectivity index (χ1v) is 7.89. The molecule has 0 aliphatic carbocycles. The van der Waals surface area contributed by atoms with Crippen molar-refractivity contribution in [2.45, 2.75) is 25.2 Å². The average Bonchev–Trinajstić information content (AvgIpc) is 2.57. The molecule has 0 N–H and O–H groups in total. The molecular weight excluding hydrogens is 310 g/mol. The van der Waals surface area contributed by atoms with Gasteiger partial charge in [0.05, 0.1) is 25.0 Å². The van der Waals surface area contributed by atoms with Gasteiger partial charge in [-0.25, -0.2) is 0 Å². The maximum absolute atomic E-state index is 12.0. The highest BCUT2D eigenvalue weighted by Crippen LogP contribution is 2.36. The van der Waals surface area contributed by atoms with Crippen LogP contribution in [0.1, 0.15) is 36.3 Å². The fraction of sp³-hybridized carbons (Fsp3) is 0.263. The largest absolute Gasteiger partial charge is 0.466 e. The maximum atomic E-state index is 12.0. The Hall–Kier alpha value is -2.31. The van der Waals surface area contributed by atoms with Crippen molar-refractivity contribution in [3.05, 3.63) is 70.7 Å². The van der Waals surface area contributed by atoms with E-state index in [-0.39, 0.29) is 18.3 Å². The van der Waals surface area contributed by atoms with E-state index >= 15 is 0 Å². The molecule has 2 atom stereocenters. The van der Waals surface area contributed by atoms with E-state index in [0.717, 1.165) is 11.1 Å². The molecule has 0 saturated heterocycles. The molecule has 3 nitrogen and oxygen atoms in total. The molecule has 0 amide bonds. The summed E-state index contributed by atoms with van der Waals surface area (Å²) in [7, 11) is 0. The zero-order chi connectivity index (χ0) is 16.7. The number of halogens is 1. The van der Waals surface area contributed by atoms with Gasteiger partial charge in [-0.3, -0.25) is 4.79 Å². The topological polar surface area (TPSA) is 50.1 Å². The van der Waals surface area contributed by atoms with E-state index in [2.05, 4.69) is 6.07 Å². The Balaban J connectivity index is 2.36. The van der Waals surface area contributed by atoms with Crippen LogP contribution in [0.25, 0.3) is 0 Å². The van der Waals surface area contributed by atoms with Crippen molar-refractivity contribution in [3.63, 3.8) is 0 Å². The van der Waals surface area contributed by atoms with Gasteiger partial charge in [-0.1, -0.05) is 54.1 Å². The lowest BCUT2D eigenvalue weighted by molar-refractivity contribution is -0.143. The molecule has 4 heteroatoms. The van der Waals surface area contributed by atoms with Gasteiger partial charge < -0.3 is 4.74 Å². The molecule has 0 aliphatic heterocycles. The van der Waals surface area contributed by atoms with Gasteiger partial charge in [0, 0.05) is 10.9 Å². The number of esters is 1. The van der Waals surface area contributed by atoms with Gasteiger partial charge in [0.25, 0.3) is 0 Å². The van der Waals surface area contributed by atoms with Crippen molar-refractivity contribution in [1.82, 2.24) is 0 Å². The molecule has 0 saturated carbocycles. The average molecular weight is 328 g/mol. The zero-order valence-electron chi connectivity index (χ0n) is 12.9. The summed E-state index contributed by atoms with van der Waals surface area (Å²) in [5.41, 5.74) is 1.79. The van der Waals surface area contributed by atoms with E-state index in [0.29, 0.717) is 11.6 Å². The summed E-state index contributed by atoms with van der Waals surface area (Å²) in [4.78, 5) is 12.0. The van der Waals surface area contributed by atoms with Crippen molar-refractivity contribution in [3.8, 4) is 6.07 Å².